The SMILES string of the molecule is CC(Cc1ccncc1)NC(=O)Cc1c[nH]c(=O)[nH]c1=O. The lowest BCUT2D eigenvalue weighted by Crippen LogP contribution is -2.37. The van der Waals surface area contributed by atoms with E-state index in [1.54, 1.807) is 12.4 Å². The van der Waals surface area contributed by atoms with Gasteiger partial charge in [-0.15, -0.1) is 0 Å². The monoisotopic (exact) mass is 288 g/mol. The maximum absolute atomic E-state index is 11.9. The first-order valence-corrected chi connectivity index (χ1v) is 6.54. The Kier molecular flexibility index (Phi) is 4.65. The maximum atomic E-state index is 11.9. The zero-order valence-electron chi connectivity index (χ0n) is 11.6. The van der Waals surface area contributed by atoms with E-state index >= 15 is 0 Å². The first kappa shape index (κ1) is 14.7. The van der Waals surface area contributed by atoms with E-state index in [0.717, 1.165) is 5.56 Å². The van der Waals surface area contributed by atoms with Crippen LogP contribution in [0.25, 0.3) is 0 Å². The van der Waals surface area contributed by atoms with Crippen LogP contribution < -0.4 is 16.6 Å². The van der Waals surface area contributed by atoms with Crippen molar-refractivity contribution >= 4 is 5.91 Å². The minimum absolute atomic E-state index is 0.0678. The number of aromatic nitrogens is 3. The second-order valence-corrected chi connectivity index (χ2v) is 4.80. The normalized spacial score (nSPS) is 11.9. The van der Waals surface area contributed by atoms with E-state index in [0.29, 0.717) is 6.42 Å². The fourth-order valence-electron chi connectivity index (χ4n) is 1.99. The number of amides is 1. The molecule has 2 aromatic rings. The molecule has 2 rings (SSSR count). The fraction of sp³-hybridized carbons (Fsp3) is 0.286. The van der Waals surface area contributed by atoms with E-state index in [1.165, 1.54) is 6.20 Å². The topological polar surface area (TPSA) is 108 Å². The molecule has 0 aliphatic rings. The fourth-order valence-corrected chi connectivity index (χ4v) is 1.99. The van der Waals surface area contributed by atoms with Gasteiger partial charge in [-0.25, -0.2) is 4.79 Å². The smallest absolute Gasteiger partial charge is 0.325 e. The summed E-state index contributed by atoms with van der Waals surface area (Å²) in [5.41, 5.74) is 0.161. The number of rotatable bonds is 5. The van der Waals surface area contributed by atoms with Crippen LogP contribution in [0.1, 0.15) is 18.1 Å². The van der Waals surface area contributed by atoms with Crippen LogP contribution >= 0.6 is 0 Å². The number of H-pyrrole nitrogens is 2. The molecule has 0 bridgehead atoms. The highest BCUT2D eigenvalue weighted by Gasteiger charge is 2.11. The summed E-state index contributed by atoms with van der Waals surface area (Å²) in [7, 11) is 0. The molecule has 0 fully saturated rings. The summed E-state index contributed by atoms with van der Waals surface area (Å²) in [6, 6.07) is 3.70. The summed E-state index contributed by atoms with van der Waals surface area (Å²) in [4.78, 5) is 42.6. The molecule has 0 saturated heterocycles. The molecule has 0 spiro atoms. The third-order valence-electron chi connectivity index (χ3n) is 2.95. The average Bonchev–Trinajstić information content (AvgIpc) is 2.43. The summed E-state index contributed by atoms with van der Waals surface area (Å²) >= 11 is 0. The first-order chi connectivity index (χ1) is 10.0. The Morgan fingerprint density at radius 3 is 2.71 bits per heavy atom. The molecule has 7 nitrogen and oxygen atoms in total. The van der Waals surface area contributed by atoms with Crippen molar-refractivity contribution in [3.8, 4) is 0 Å². The Bertz CT molecular complexity index is 721. The van der Waals surface area contributed by atoms with Gasteiger partial charge in [0.2, 0.25) is 5.91 Å². The van der Waals surface area contributed by atoms with Gasteiger partial charge in [-0.1, -0.05) is 0 Å². The molecule has 21 heavy (non-hydrogen) atoms. The lowest BCUT2D eigenvalue weighted by Gasteiger charge is -2.13. The van der Waals surface area contributed by atoms with Gasteiger partial charge in [-0.05, 0) is 31.0 Å². The number of aromatic amines is 2. The van der Waals surface area contributed by atoms with Gasteiger partial charge in [0.05, 0.1) is 6.42 Å². The second kappa shape index (κ2) is 6.65. The molecule has 1 amide bonds. The molecule has 0 radical (unpaired) electrons. The molecule has 0 aliphatic heterocycles. The summed E-state index contributed by atoms with van der Waals surface area (Å²) in [6.45, 7) is 1.88. The van der Waals surface area contributed by atoms with Gasteiger partial charge in [0.15, 0.2) is 0 Å². The van der Waals surface area contributed by atoms with Crippen molar-refractivity contribution in [1.29, 1.82) is 0 Å². The first-order valence-electron chi connectivity index (χ1n) is 6.54. The number of carbonyl (C=O) groups excluding carboxylic acids is 1. The van der Waals surface area contributed by atoms with Crippen LogP contribution in [0.2, 0.25) is 0 Å². The highest BCUT2D eigenvalue weighted by Crippen LogP contribution is 2.01. The molecular weight excluding hydrogens is 272 g/mol. The van der Waals surface area contributed by atoms with E-state index < -0.39 is 11.2 Å². The van der Waals surface area contributed by atoms with Gasteiger partial charge in [0.25, 0.3) is 5.56 Å². The lowest BCUT2D eigenvalue weighted by molar-refractivity contribution is -0.121. The minimum atomic E-state index is -0.588. The van der Waals surface area contributed by atoms with Crippen molar-refractivity contribution in [2.24, 2.45) is 0 Å². The zero-order valence-corrected chi connectivity index (χ0v) is 11.6. The third kappa shape index (κ3) is 4.41. The summed E-state index contributed by atoms with van der Waals surface area (Å²) in [5, 5.41) is 2.81. The molecule has 7 heteroatoms. The maximum Gasteiger partial charge on any atom is 0.325 e. The van der Waals surface area contributed by atoms with Crippen molar-refractivity contribution in [1.82, 2.24) is 20.3 Å². The van der Waals surface area contributed by atoms with Crippen LogP contribution in [-0.2, 0) is 17.6 Å². The van der Waals surface area contributed by atoms with Crippen LogP contribution in [0.4, 0.5) is 0 Å². The van der Waals surface area contributed by atoms with Crippen molar-refractivity contribution in [3.63, 3.8) is 0 Å². The standard InChI is InChI=1S/C14H16N4O3/c1-9(6-10-2-4-15-5-3-10)17-12(19)7-11-8-16-14(21)18-13(11)20/h2-5,8-9H,6-7H2,1H3,(H,17,19)(H2,16,18,20,21). The molecule has 110 valence electrons. The van der Waals surface area contributed by atoms with Crippen molar-refractivity contribution in [2.75, 3.05) is 0 Å². The Balaban J connectivity index is 1.92. The number of nitrogens with one attached hydrogen (secondary N) is 3. The second-order valence-electron chi connectivity index (χ2n) is 4.80. The zero-order chi connectivity index (χ0) is 15.2. The van der Waals surface area contributed by atoms with E-state index in [2.05, 4.69) is 20.3 Å². The molecule has 1 unspecified atom stereocenters. The number of nitrogens with zero attached hydrogens (tertiary/aromatic N) is 1. The van der Waals surface area contributed by atoms with Crippen LogP contribution in [-0.4, -0.2) is 26.9 Å². The largest absolute Gasteiger partial charge is 0.353 e. The van der Waals surface area contributed by atoms with E-state index in [-0.39, 0.29) is 23.9 Å². The van der Waals surface area contributed by atoms with Gasteiger partial charge in [0, 0.05) is 30.2 Å². The highest BCUT2D eigenvalue weighted by atomic mass is 16.2. The molecule has 2 aromatic heterocycles. The summed E-state index contributed by atoms with van der Waals surface area (Å²) < 4.78 is 0. The van der Waals surface area contributed by atoms with Gasteiger partial charge in [-0.3, -0.25) is 19.6 Å². The Labute approximate surface area is 120 Å². The Morgan fingerprint density at radius 2 is 2.05 bits per heavy atom. The highest BCUT2D eigenvalue weighted by molar-refractivity contribution is 5.78. The minimum Gasteiger partial charge on any atom is -0.353 e. The van der Waals surface area contributed by atoms with Crippen LogP contribution in [0.15, 0.2) is 40.3 Å². The number of hydrogen-bond donors (Lipinski definition) is 3. The lowest BCUT2D eigenvalue weighted by atomic mass is 10.1. The molecular formula is C14H16N4O3. The molecule has 2 heterocycles. The number of pyridine rings is 1. The van der Waals surface area contributed by atoms with Gasteiger partial charge in [0.1, 0.15) is 0 Å². The molecule has 3 N–H and O–H groups in total. The van der Waals surface area contributed by atoms with Crippen molar-refractivity contribution in [3.05, 3.63) is 62.7 Å². The molecule has 0 saturated carbocycles. The predicted molar refractivity (Wildman–Crippen MR) is 76.9 cm³/mol. The third-order valence-corrected chi connectivity index (χ3v) is 2.95. The van der Waals surface area contributed by atoms with Crippen LogP contribution in [0, 0.1) is 0 Å². The van der Waals surface area contributed by atoms with Gasteiger partial charge >= 0.3 is 5.69 Å². The quantitative estimate of drug-likeness (QED) is 0.705. The number of carbonyl (C=O) groups is 1. The molecule has 0 aliphatic carbocycles. The van der Waals surface area contributed by atoms with Crippen molar-refractivity contribution < 1.29 is 4.79 Å². The van der Waals surface area contributed by atoms with Gasteiger partial charge < -0.3 is 10.3 Å². The summed E-state index contributed by atoms with van der Waals surface area (Å²) in [6.07, 6.45) is 5.25. The van der Waals surface area contributed by atoms with E-state index in [4.69, 9.17) is 0 Å². The Morgan fingerprint density at radius 1 is 1.33 bits per heavy atom. The van der Waals surface area contributed by atoms with Crippen LogP contribution in [0.3, 0.4) is 0 Å². The van der Waals surface area contributed by atoms with Gasteiger partial charge in [-0.2, -0.15) is 0 Å². The molecule has 1 atom stereocenters. The number of hydrogen-bond acceptors (Lipinski definition) is 4. The predicted octanol–water partition coefficient (Wildman–Crippen LogP) is -0.252. The van der Waals surface area contributed by atoms with Crippen molar-refractivity contribution in [2.45, 2.75) is 25.8 Å². The summed E-state index contributed by atoms with van der Waals surface area (Å²) in [5.74, 6) is -0.269. The van der Waals surface area contributed by atoms with Crippen LogP contribution in [0.5, 0.6) is 0 Å². The molecule has 0 aromatic carbocycles. The Hall–Kier alpha value is -2.70. The van der Waals surface area contributed by atoms with E-state index in [9.17, 15) is 14.4 Å². The van der Waals surface area contributed by atoms with E-state index in [1.807, 2.05) is 19.1 Å². The average molecular weight is 288 g/mol.